The number of aliphatic imine (C=N–C) groups is 1. The van der Waals surface area contributed by atoms with E-state index in [1.807, 2.05) is 36.4 Å². The molecule has 31 heavy (non-hydrogen) atoms. The average molecular weight is 416 g/mol. The molecule has 0 saturated carbocycles. The number of unbranched alkanes of at least 4 members (excludes halogenated alkanes) is 2. The third-order valence-corrected chi connectivity index (χ3v) is 4.93. The average Bonchev–Trinajstić information content (AvgIpc) is 2.96. The van der Waals surface area contributed by atoms with Crippen LogP contribution in [0.3, 0.4) is 0 Å². The number of aldehydes is 1. The monoisotopic (exact) mass is 415 g/mol. The molecular formula is C26H29N3O2. The van der Waals surface area contributed by atoms with Gasteiger partial charge < -0.3 is 4.74 Å². The van der Waals surface area contributed by atoms with Crippen LogP contribution in [-0.2, 0) is 0 Å². The lowest BCUT2D eigenvalue weighted by Gasteiger charge is -2.10. The molecule has 0 amide bonds. The first kappa shape index (κ1) is 22.4. The van der Waals surface area contributed by atoms with Gasteiger partial charge in [0, 0.05) is 23.2 Å². The van der Waals surface area contributed by atoms with E-state index in [9.17, 15) is 4.79 Å². The maximum absolute atomic E-state index is 11.1. The highest BCUT2D eigenvalue weighted by molar-refractivity contribution is 6.16. The molecule has 3 aromatic carbocycles. The fraction of sp³-hybridized carbons (Fsp3) is 0.231. The molecule has 0 saturated heterocycles. The molecule has 0 radical (unpaired) electrons. The lowest BCUT2D eigenvalue weighted by Crippen LogP contribution is -2.22. The Labute approximate surface area is 183 Å². The molecule has 0 fully saturated rings. The molecule has 3 N–H and O–H groups in total. The first-order chi connectivity index (χ1) is 15.2. The molecule has 1 aliphatic heterocycles. The van der Waals surface area contributed by atoms with E-state index in [-0.39, 0.29) is 0 Å². The Morgan fingerprint density at radius 3 is 2.58 bits per heavy atom. The molecular weight excluding hydrogens is 386 g/mol. The largest absolute Gasteiger partial charge is 0.454 e. The number of fused-ring (bicyclic) bond motifs is 2. The number of para-hydroxylation sites is 1. The van der Waals surface area contributed by atoms with E-state index >= 15 is 0 Å². The minimum absolute atomic E-state index is 0.579. The molecule has 5 nitrogen and oxygen atoms in total. The van der Waals surface area contributed by atoms with Crippen LogP contribution >= 0.6 is 0 Å². The molecule has 5 heteroatoms. The maximum Gasteiger partial charge on any atom is 0.153 e. The molecule has 0 unspecified atom stereocenters. The van der Waals surface area contributed by atoms with Crippen LogP contribution in [0, 0.1) is 6.92 Å². The highest BCUT2D eigenvalue weighted by Crippen LogP contribution is 2.39. The Hall–Kier alpha value is -3.28. The summed E-state index contributed by atoms with van der Waals surface area (Å²) in [6.45, 7) is 5.19. The van der Waals surface area contributed by atoms with Gasteiger partial charge in [0.1, 0.15) is 17.7 Å². The first-order valence-electron chi connectivity index (χ1n) is 10.6. The molecule has 0 bridgehead atoms. The standard InChI is InChI=1S/C21H15NO2.C5H14N2/c1-14-5-4-6-16(11-14)21-17-7-2-3-8-19(17)24-20-10-9-15(13-23)12-18(20)22-21;1-2-3-4-5-7-6/h2-13H,1H3;7H,2-6H2,1H3. The maximum atomic E-state index is 11.1. The van der Waals surface area contributed by atoms with E-state index in [2.05, 4.69) is 31.4 Å². The second-order valence-corrected chi connectivity index (χ2v) is 7.43. The third kappa shape index (κ3) is 5.87. The van der Waals surface area contributed by atoms with Gasteiger partial charge in [0.25, 0.3) is 0 Å². The van der Waals surface area contributed by atoms with Crippen LogP contribution < -0.4 is 16.0 Å². The van der Waals surface area contributed by atoms with Crippen LogP contribution in [0.25, 0.3) is 0 Å². The molecule has 0 aromatic heterocycles. The van der Waals surface area contributed by atoms with Crippen molar-refractivity contribution in [3.63, 3.8) is 0 Å². The summed E-state index contributed by atoms with van der Waals surface area (Å²) in [7, 11) is 0. The molecule has 1 heterocycles. The summed E-state index contributed by atoms with van der Waals surface area (Å²) in [5, 5.41) is 0. The Morgan fingerprint density at radius 1 is 1.00 bits per heavy atom. The van der Waals surface area contributed by atoms with Crippen LogP contribution in [0.4, 0.5) is 5.69 Å². The Morgan fingerprint density at radius 2 is 1.84 bits per heavy atom. The number of rotatable bonds is 6. The van der Waals surface area contributed by atoms with Gasteiger partial charge in [0.2, 0.25) is 0 Å². The van der Waals surface area contributed by atoms with E-state index in [1.165, 1.54) is 24.8 Å². The predicted octanol–water partition coefficient (Wildman–Crippen LogP) is 5.72. The lowest BCUT2D eigenvalue weighted by atomic mass is 10.00. The van der Waals surface area contributed by atoms with Crippen molar-refractivity contribution in [2.45, 2.75) is 33.1 Å². The second-order valence-electron chi connectivity index (χ2n) is 7.43. The number of carbonyl (C=O) groups is 1. The topological polar surface area (TPSA) is 76.7 Å². The molecule has 3 aromatic rings. The number of carbonyl (C=O) groups excluding carboxylic acids is 1. The second kappa shape index (κ2) is 11.2. The lowest BCUT2D eigenvalue weighted by molar-refractivity contribution is 0.112. The number of benzene rings is 3. The highest BCUT2D eigenvalue weighted by atomic mass is 16.5. The van der Waals surface area contributed by atoms with Crippen molar-refractivity contribution in [1.29, 1.82) is 0 Å². The summed E-state index contributed by atoms with van der Waals surface area (Å²) in [6, 6.07) is 21.3. The fourth-order valence-electron chi connectivity index (χ4n) is 3.32. The number of nitrogens with one attached hydrogen (secondary N) is 1. The summed E-state index contributed by atoms with van der Waals surface area (Å²) < 4.78 is 6.05. The minimum Gasteiger partial charge on any atom is -0.454 e. The SMILES string of the molecule is CCCCCNN.Cc1cccc(C2=Nc3cc(C=O)ccc3Oc3ccccc32)c1. The van der Waals surface area contributed by atoms with Crippen LogP contribution in [0.1, 0.15) is 53.2 Å². The summed E-state index contributed by atoms with van der Waals surface area (Å²) in [5.74, 6) is 6.43. The molecule has 0 atom stereocenters. The summed E-state index contributed by atoms with van der Waals surface area (Å²) >= 11 is 0. The van der Waals surface area contributed by atoms with E-state index in [0.29, 0.717) is 17.0 Å². The van der Waals surface area contributed by atoms with Gasteiger partial charge in [-0.05, 0) is 49.7 Å². The Kier molecular flexibility index (Phi) is 8.10. The highest BCUT2D eigenvalue weighted by Gasteiger charge is 2.19. The Bertz CT molecular complexity index is 1060. The fourth-order valence-corrected chi connectivity index (χ4v) is 3.32. The first-order valence-corrected chi connectivity index (χ1v) is 10.6. The molecule has 0 spiro atoms. The van der Waals surface area contributed by atoms with Crippen molar-refractivity contribution < 1.29 is 9.53 Å². The number of nitrogens with zero attached hydrogens (tertiary/aromatic N) is 1. The Balaban J connectivity index is 0.000000339. The number of ether oxygens (including phenoxy) is 1. The number of hydrogen-bond donors (Lipinski definition) is 2. The van der Waals surface area contributed by atoms with Crippen molar-refractivity contribution in [3.8, 4) is 11.5 Å². The van der Waals surface area contributed by atoms with E-state index < -0.39 is 0 Å². The number of nitrogens with two attached hydrogens (primary N) is 1. The molecule has 4 rings (SSSR count). The van der Waals surface area contributed by atoms with Gasteiger partial charge in [0.05, 0.1) is 5.71 Å². The zero-order valence-corrected chi connectivity index (χ0v) is 18.1. The third-order valence-electron chi connectivity index (χ3n) is 4.93. The van der Waals surface area contributed by atoms with Gasteiger partial charge in [0.15, 0.2) is 5.75 Å². The molecule has 0 aliphatic carbocycles. The van der Waals surface area contributed by atoms with E-state index in [0.717, 1.165) is 35.4 Å². The van der Waals surface area contributed by atoms with Crippen LogP contribution in [0.2, 0.25) is 0 Å². The number of hydrogen-bond acceptors (Lipinski definition) is 5. The van der Waals surface area contributed by atoms with Crippen LogP contribution in [0.5, 0.6) is 11.5 Å². The smallest absolute Gasteiger partial charge is 0.153 e. The van der Waals surface area contributed by atoms with Crippen molar-refractivity contribution in [2.75, 3.05) is 6.54 Å². The quantitative estimate of drug-likeness (QED) is 0.183. The minimum atomic E-state index is 0.579. The van der Waals surface area contributed by atoms with Gasteiger partial charge in [-0.15, -0.1) is 0 Å². The van der Waals surface area contributed by atoms with Crippen LogP contribution in [0.15, 0.2) is 71.7 Å². The predicted molar refractivity (Wildman–Crippen MR) is 127 cm³/mol. The zero-order chi connectivity index (χ0) is 22.1. The summed E-state index contributed by atoms with van der Waals surface area (Å²) in [4.78, 5) is 15.9. The van der Waals surface area contributed by atoms with E-state index in [1.54, 1.807) is 18.2 Å². The van der Waals surface area contributed by atoms with Crippen LogP contribution in [-0.4, -0.2) is 18.5 Å². The van der Waals surface area contributed by atoms with Crippen molar-refractivity contribution >= 4 is 17.7 Å². The zero-order valence-electron chi connectivity index (χ0n) is 18.1. The normalized spacial score (nSPS) is 11.6. The number of aryl methyl sites for hydroxylation is 1. The van der Waals surface area contributed by atoms with Gasteiger partial charge in [-0.2, -0.15) is 0 Å². The summed E-state index contributed by atoms with van der Waals surface area (Å²) in [6.07, 6.45) is 4.57. The molecule has 1 aliphatic rings. The van der Waals surface area contributed by atoms with Crippen molar-refractivity contribution in [1.82, 2.24) is 5.43 Å². The van der Waals surface area contributed by atoms with Gasteiger partial charge in [-0.3, -0.25) is 16.1 Å². The van der Waals surface area contributed by atoms with Crippen molar-refractivity contribution in [3.05, 3.63) is 89.0 Å². The van der Waals surface area contributed by atoms with Gasteiger partial charge in [-0.1, -0.05) is 55.7 Å². The van der Waals surface area contributed by atoms with Gasteiger partial charge in [-0.25, -0.2) is 4.99 Å². The molecule has 160 valence electrons. The van der Waals surface area contributed by atoms with Gasteiger partial charge >= 0.3 is 0 Å². The van der Waals surface area contributed by atoms with E-state index in [4.69, 9.17) is 15.6 Å². The summed E-state index contributed by atoms with van der Waals surface area (Å²) in [5.41, 5.74) is 7.81. The number of hydrazine groups is 1. The van der Waals surface area contributed by atoms with Crippen molar-refractivity contribution in [2.24, 2.45) is 10.8 Å².